The first-order chi connectivity index (χ1) is 9.00. The van der Waals surface area contributed by atoms with Crippen LogP contribution in [-0.2, 0) is 10.0 Å². The SMILES string of the molecule is CCCN(C1CC1)S(=O)(=O)c1ccc(OC)cc1N. The van der Waals surface area contributed by atoms with Crippen molar-refractivity contribution in [2.45, 2.75) is 37.1 Å². The van der Waals surface area contributed by atoms with E-state index in [1.54, 1.807) is 16.4 Å². The Morgan fingerprint density at radius 3 is 2.58 bits per heavy atom. The molecular weight excluding hydrogens is 264 g/mol. The van der Waals surface area contributed by atoms with Gasteiger partial charge in [0.05, 0.1) is 12.8 Å². The Bertz CT molecular complexity index is 553. The van der Waals surface area contributed by atoms with E-state index in [9.17, 15) is 8.42 Å². The van der Waals surface area contributed by atoms with Gasteiger partial charge in [-0.05, 0) is 31.4 Å². The Balaban J connectivity index is 2.37. The summed E-state index contributed by atoms with van der Waals surface area (Å²) in [4.78, 5) is 0.175. The zero-order valence-corrected chi connectivity index (χ0v) is 12.1. The van der Waals surface area contributed by atoms with E-state index >= 15 is 0 Å². The van der Waals surface area contributed by atoms with Crippen LogP contribution in [0.4, 0.5) is 5.69 Å². The lowest BCUT2D eigenvalue weighted by molar-refractivity contribution is 0.402. The van der Waals surface area contributed by atoms with E-state index in [2.05, 4.69) is 0 Å². The van der Waals surface area contributed by atoms with Crippen LogP contribution in [0, 0.1) is 0 Å². The third-order valence-electron chi connectivity index (χ3n) is 3.20. The van der Waals surface area contributed by atoms with Gasteiger partial charge in [-0.2, -0.15) is 4.31 Å². The second kappa shape index (κ2) is 5.38. The van der Waals surface area contributed by atoms with Crippen LogP contribution in [0.2, 0.25) is 0 Å². The summed E-state index contributed by atoms with van der Waals surface area (Å²) in [7, 11) is -1.98. The van der Waals surface area contributed by atoms with E-state index in [-0.39, 0.29) is 16.6 Å². The Hall–Kier alpha value is -1.27. The molecule has 0 atom stereocenters. The molecule has 5 nitrogen and oxygen atoms in total. The van der Waals surface area contributed by atoms with Crippen molar-refractivity contribution >= 4 is 15.7 Å². The fourth-order valence-corrected chi connectivity index (χ4v) is 3.97. The molecule has 19 heavy (non-hydrogen) atoms. The summed E-state index contributed by atoms with van der Waals surface area (Å²) in [6.07, 6.45) is 2.68. The molecular formula is C13H20N2O3S. The Kier molecular flexibility index (Phi) is 4.01. The van der Waals surface area contributed by atoms with E-state index < -0.39 is 10.0 Å². The fraction of sp³-hybridized carbons (Fsp3) is 0.538. The molecule has 0 radical (unpaired) electrons. The highest BCUT2D eigenvalue weighted by Crippen LogP contribution is 2.34. The zero-order valence-electron chi connectivity index (χ0n) is 11.3. The number of hydrogen-bond donors (Lipinski definition) is 1. The smallest absolute Gasteiger partial charge is 0.245 e. The van der Waals surface area contributed by atoms with Gasteiger partial charge in [0.2, 0.25) is 10.0 Å². The first-order valence-corrected chi connectivity index (χ1v) is 7.90. The lowest BCUT2D eigenvalue weighted by Gasteiger charge is -2.22. The molecule has 2 N–H and O–H groups in total. The van der Waals surface area contributed by atoms with Gasteiger partial charge in [-0.3, -0.25) is 0 Å². The Morgan fingerprint density at radius 1 is 1.42 bits per heavy atom. The molecule has 1 aromatic rings. The molecule has 0 aliphatic heterocycles. The molecule has 6 heteroatoms. The van der Waals surface area contributed by atoms with Crippen molar-refractivity contribution in [3.63, 3.8) is 0 Å². The van der Waals surface area contributed by atoms with Gasteiger partial charge < -0.3 is 10.5 Å². The number of benzene rings is 1. The molecule has 0 aromatic heterocycles. The molecule has 1 fully saturated rings. The molecule has 0 heterocycles. The van der Waals surface area contributed by atoms with Crippen LogP contribution in [0.3, 0.4) is 0 Å². The van der Waals surface area contributed by atoms with Crippen LogP contribution < -0.4 is 10.5 Å². The van der Waals surface area contributed by atoms with Crippen molar-refractivity contribution in [1.29, 1.82) is 0 Å². The molecule has 1 aliphatic rings. The number of sulfonamides is 1. The second-order valence-electron chi connectivity index (χ2n) is 4.75. The van der Waals surface area contributed by atoms with Gasteiger partial charge in [-0.15, -0.1) is 0 Å². The fourth-order valence-electron chi connectivity index (χ4n) is 2.10. The van der Waals surface area contributed by atoms with E-state index in [1.807, 2.05) is 6.92 Å². The summed E-state index contributed by atoms with van der Waals surface area (Å²) in [6, 6.07) is 4.84. The molecule has 2 rings (SSSR count). The van der Waals surface area contributed by atoms with Crippen LogP contribution in [0.1, 0.15) is 26.2 Å². The number of hydrogen-bond acceptors (Lipinski definition) is 4. The summed E-state index contributed by atoms with van der Waals surface area (Å²) in [6.45, 7) is 2.51. The molecule has 106 valence electrons. The summed E-state index contributed by atoms with van der Waals surface area (Å²) in [5, 5.41) is 0. The predicted octanol–water partition coefficient (Wildman–Crippen LogP) is 1.84. The summed E-state index contributed by atoms with van der Waals surface area (Å²) in [5.74, 6) is 0.560. The molecule has 0 saturated heterocycles. The normalized spacial score (nSPS) is 15.7. The lowest BCUT2D eigenvalue weighted by atomic mass is 10.3. The highest BCUT2D eigenvalue weighted by Gasteiger charge is 2.38. The maximum atomic E-state index is 12.6. The van der Waals surface area contributed by atoms with Gasteiger partial charge in [0.25, 0.3) is 0 Å². The number of nitrogens with zero attached hydrogens (tertiary/aromatic N) is 1. The van der Waals surface area contributed by atoms with Crippen LogP contribution in [0.25, 0.3) is 0 Å². The summed E-state index contributed by atoms with van der Waals surface area (Å²) in [5.41, 5.74) is 6.09. The Labute approximate surface area is 114 Å². The molecule has 0 amide bonds. The number of rotatable bonds is 6. The maximum absolute atomic E-state index is 12.6. The molecule has 1 aliphatic carbocycles. The first-order valence-electron chi connectivity index (χ1n) is 6.46. The number of ether oxygens (including phenoxy) is 1. The van der Waals surface area contributed by atoms with Crippen molar-refractivity contribution in [3.8, 4) is 5.75 Å². The first kappa shape index (κ1) is 14.1. The zero-order chi connectivity index (χ0) is 14.0. The van der Waals surface area contributed by atoms with Crippen molar-refractivity contribution in [2.24, 2.45) is 0 Å². The van der Waals surface area contributed by atoms with E-state index in [0.717, 1.165) is 19.3 Å². The van der Waals surface area contributed by atoms with Gasteiger partial charge in [0.15, 0.2) is 0 Å². The van der Waals surface area contributed by atoms with Crippen molar-refractivity contribution in [2.75, 3.05) is 19.4 Å². The van der Waals surface area contributed by atoms with E-state index in [0.29, 0.717) is 12.3 Å². The van der Waals surface area contributed by atoms with Crippen molar-refractivity contribution in [3.05, 3.63) is 18.2 Å². The highest BCUT2D eigenvalue weighted by atomic mass is 32.2. The molecule has 1 aromatic carbocycles. The van der Waals surface area contributed by atoms with Crippen molar-refractivity contribution in [1.82, 2.24) is 4.31 Å². The van der Waals surface area contributed by atoms with Crippen LogP contribution in [0.15, 0.2) is 23.1 Å². The third-order valence-corrected chi connectivity index (χ3v) is 5.23. The van der Waals surface area contributed by atoms with Gasteiger partial charge >= 0.3 is 0 Å². The average Bonchev–Trinajstić information content (AvgIpc) is 3.19. The molecule has 0 bridgehead atoms. The monoisotopic (exact) mass is 284 g/mol. The van der Waals surface area contributed by atoms with E-state index in [4.69, 9.17) is 10.5 Å². The van der Waals surface area contributed by atoms with Crippen LogP contribution in [0.5, 0.6) is 5.75 Å². The number of nitrogens with two attached hydrogens (primary N) is 1. The van der Waals surface area contributed by atoms with Gasteiger partial charge in [0.1, 0.15) is 10.6 Å². The number of nitrogen functional groups attached to an aromatic ring is 1. The van der Waals surface area contributed by atoms with E-state index in [1.165, 1.54) is 13.2 Å². The minimum Gasteiger partial charge on any atom is -0.497 e. The van der Waals surface area contributed by atoms with Crippen LogP contribution in [-0.4, -0.2) is 32.4 Å². The largest absolute Gasteiger partial charge is 0.497 e. The number of methoxy groups -OCH3 is 1. The van der Waals surface area contributed by atoms with Gasteiger partial charge in [-0.25, -0.2) is 8.42 Å². The standard InChI is InChI=1S/C13H20N2O3S/c1-3-8-15(10-4-5-10)19(16,17)13-7-6-11(18-2)9-12(13)14/h6-7,9-10H,3-5,8,14H2,1-2H3. The topological polar surface area (TPSA) is 72.6 Å². The third kappa shape index (κ3) is 2.84. The molecule has 0 unspecified atom stereocenters. The highest BCUT2D eigenvalue weighted by molar-refractivity contribution is 7.89. The molecule has 1 saturated carbocycles. The predicted molar refractivity (Wildman–Crippen MR) is 74.6 cm³/mol. The quantitative estimate of drug-likeness (QED) is 0.809. The summed E-state index contributed by atoms with van der Waals surface area (Å²) < 4.78 is 31.9. The maximum Gasteiger partial charge on any atom is 0.245 e. The van der Waals surface area contributed by atoms with Crippen molar-refractivity contribution < 1.29 is 13.2 Å². The number of anilines is 1. The Morgan fingerprint density at radius 2 is 2.11 bits per heavy atom. The summed E-state index contributed by atoms with van der Waals surface area (Å²) >= 11 is 0. The lowest BCUT2D eigenvalue weighted by Crippen LogP contribution is -2.34. The average molecular weight is 284 g/mol. The second-order valence-corrected chi connectivity index (χ2v) is 6.61. The van der Waals surface area contributed by atoms with Gasteiger partial charge in [-0.1, -0.05) is 6.92 Å². The van der Waals surface area contributed by atoms with Gasteiger partial charge in [0, 0.05) is 18.7 Å². The minimum atomic E-state index is -3.50. The van der Waals surface area contributed by atoms with Crippen LogP contribution >= 0.6 is 0 Å². The minimum absolute atomic E-state index is 0.145. The molecule has 0 spiro atoms.